The van der Waals surface area contributed by atoms with Gasteiger partial charge < -0.3 is 15.2 Å². The van der Waals surface area contributed by atoms with E-state index in [-0.39, 0.29) is 11.6 Å². The lowest BCUT2D eigenvalue weighted by Gasteiger charge is -2.43. The molecule has 0 aromatic heterocycles. The van der Waals surface area contributed by atoms with Gasteiger partial charge in [0.25, 0.3) is 0 Å². The lowest BCUT2D eigenvalue weighted by molar-refractivity contribution is -0.0705. The van der Waals surface area contributed by atoms with Crippen LogP contribution in [-0.4, -0.2) is 25.9 Å². The minimum Gasteiger partial charge on any atom is -0.496 e. The van der Waals surface area contributed by atoms with E-state index in [2.05, 4.69) is 6.92 Å². The Labute approximate surface area is 132 Å². The monoisotopic (exact) mass is 311 g/mol. The van der Waals surface area contributed by atoms with Crippen molar-refractivity contribution in [3.63, 3.8) is 0 Å². The van der Waals surface area contributed by atoms with Crippen LogP contribution in [0.25, 0.3) is 0 Å². The summed E-state index contributed by atoms with van der Waals surface area (Å²) in [5, 5.41) is 0.710. The van der Waals surface area contributed by atoms with Gasteiger partial charge in [0.05, 0.1) is 12.7 Å². The number of rotatable bonds is 5. The van der Waals surface area contributed by atoms with Crippen LogP contribution >= 0.6 is 11.6 Å². The van der Waals surface area contributed by atoms with Crippen molar-refractivity contribution in [3.8, 4) is 5.75 Å². The third-order valence-corrected chi connectivity index (χ3v) is 4.99. The largest absolute Gasteiger partial charge is 0.496 e. The van der Waals surface area contributed by atoms with Crippen LogP contribution in [-0.2, 0) is 11.2 Å². The van der Waals surface area contributed by atoms with Gasteiger partial charge in [0, 0.05) is 18.2 Å². The molecule has 118 valence electrons. The molecule has 4 heteroatoms. The smallest absolute Gasteiger partial charge is 0.122 e. The van der Waals surface area contributed by atoms with Crippen LogP contribution in [0, 0.1) is 5.92 Å². The van der Waals surface area contributed by atoms with E-state index in [1.54, 1.807) is 14.2 Å². The van der Waals surface area contributed by atoms with Crippen LogP contribution in [0.2, 0.25) is 5.02 Å². The molecule has 1 fully saturated rings. The van der Waals surface area contributed by atoms with Crippen LogP contribution in [0.3, 0.4) is 0 Å². The number of ether oxygens (including phenoxy) is 2. The predicted octanol–water partition coefficient (Wildman–Crippen LogP) is 3.81. The number of benzene rings is 1. The zero-order valence-electron chi connectivity index (χ0n) is 13.2. The Morgan fingerprint density at radius 2 is 2.19 bits per heavy atom. The second kappa shape index (κ2) is 6.99. The summed E-state index contributed by atoms with van der Waals surface area (Å²) < 4.78 is 11.3. The fraction of sp³-hybridized carbons (Fsp3) is 0.647. The van der Waals surface area contributed by atoms with Crippen molar-refractivity contribution in [1.82, 2.24) is 0 Å². The van der Waals surface area contributed by atoms with Crippen LogP contribution in [0.1, 0.15) is 38.2 Å². The second-order valence-corrected chi connectivity index (χ2v) is 6.67. The average molecular weight is 312 g/mol. The SMILES string of the molecule is COc1ccc(Cl)cc1CC(N)C1(OC)CCCC(C)C1. The summed E-state index contributed by atoms with van der Waals surface area (Å²) in [4.78, 5) is 0. The van der Waals surface area contributed by atoms with Crippen LogP contribution in [0.15, 0.2) is 18.2 Å². The van der Waals surface area contributed by atoms with Gasteiger partial charge >= 0.3 is 0 Å². The average Bonchev–Trinajstić information content (AvgIpc) is 2.47. The summed E-state index contributed by atoms with van der Waals surface area (Å²) in [6.45, 7) is 2.28. The van der Waals surface area contributed by atoms with Gasteiger partial charge in [-0.3, -0.25) is 0 Å². The maximum absolute atomic E-state index is 6.54. The standard InChI is InChI=1S/C17H26ClNO2/c1-12-5-4-8-17(11-12,21-3)16(19)10-13-9-14(18)6-7-15(13)20-2/h6-7,9,12,16H,4-5,8,10-11,19H2,1-3H3. The summed E-state index contributed by atoms with van der Waals surface area (Å²) in [5.41, 5.74) is 7.36. The molecule has 2 rings (SSSR count). The Morgan fingerprint density at radius 3 is 2.81 bits per heavy atom. The first kappa shape index (κ1) is 16.6. The summed E-state index contributed by atoms with van der Waals surface area (Å²) in [6, 6.07) is 5.62. The fourth-order valence-corrected chi connectivity index (χ4v) is 3.74. The number of methoxy groups -OCH3 is 2. The number of hydrogen-bond donors (Lipinski definition) is 1. The minimum absolute atomic E-state index is 0.0578. The first-order valence-corrected chi connectivity index (χ1v) is 8.01. The second-order valence-electron chi connectivity index (χ2n) is 6.24. The van der Waals surface area contributed by atoms with Crippen molar-refractivity contribution in [1.29, 1.82) is 0 Å². The summed E-state index contributed by atoms with van der Waals surface area (Å²) in [6.07, 6.45) is 5.20. The molecule has 3 atom stereocenters. The highest BCUT2D eigenvalue weighted by atomic mass is 35.5. The molecule has 3 unspecified atom stereocenters. The molecule has 0 saturated heterocycles. The lowest BCUT2D eigenvalue weighted by Crippen LogP contribution is -2.53. The molecule has 0 bridgehead atoms. The third kappa shape index (κ3) is 3.71. The number of nitrogens with two attached hydrogens (primary N) is 1. The summed E-state index contributed by atoms with van der Waals surface area (Å²) >= 11 is 6.11. The minimum atomic E-state index is -0.231. The molecular formula is C17H26ClNO2. The van der Waals surface area contributed by atoms with Crippen LogP contribution in [0.4, 0.5) is 0 Å². The molecule has 1 aliphatic carbocycles. The van der Waals surface area contributed by atoms with Crippen molar-refractivity contribution in [2.45, 2.75) is 50.7 Å². The van der Waals surface area contributed by atoms with E-state index in [0.29, 0.717) is 17.4 Å². The quantitative estimate of drug-likeness (QED) is 0.899. The van der Waals surface area contributed by atoms with E-state index in [0.717, 1.165) is 24.2 Å². The van der Waals surface area contributed by atoms with Crippen LogP contribution in [0.5, 0.6) is 5.75 Å². The van der Waals surface area contributed by atoms with E-state index in [1.165, 1.54) is 12.8 Å². The molecular weight excluding hydrogens is 286 g/mol. The van der Waals surface area contributed by atoms with E-state index < -0.39 is 0 Å². The van der Waals surface area contributed by atoms with Gasteiger partial charge in [0.2, 0.25) is 0 Å². The molecule has 2 N–H and O–H groups in total. The molecule has 21 heavy (non-hydrogen) atoms. The molecule has 0 radical (unpaired) electrons. The first-order valence-electron chi connectivity index (χ1n) is 7.64. The topological polar surface area (TPSA) is 44.5 Å². The molecule has 1 aromatic rings. The molecule has 0 aliphatic heterocycles. The van der Waals surface area contributed by atoms with Crippen molar-refractivity contribution < 1.29 is 9.47 Å². The van der Waals surface area contributed by atoms with Gasteiger partial charge in [0.1, 0.15) is 5.75 Å². The maximum Gasteiger partial charge on any atom is 0.122 e. The zero-order valence-corrected chi connectivity index (χ0v) is 14.0. The predicted molar refractivity (Wildman–Crippen MR) is 87.1 cm³/mol. The molecule has 0 heterocycles. The van der Waals surface area contributed by atoms with Gasteiger partial charge in [-0.05, 0) is 48.9 Å². The first-order chi connectivity index (χ1) is 10.0. The van der Waals surface area contributed by atoms with Crippen molar-refractivity contribution in [2.75, 3.05) is 14.2 Å². The Hall–Kier alpha value is -0.770. The summed E-state index contributed by atoms with van der Waals surface area (Å²) in [5.74, 6) is 1.50. The summed E-state index contributed by atoms with van der Waals surface area (Å²) in [7, 11) is 3.46. The van der Waals surface area contributed by atoms with Crippen LogP contribution < -0.4 is 10.5 Å². The lowest BCUT2D eigenvalue weighted by atomic mass is 9.73. The Bertz CT molecular complexity index is 480. The Morgan fingerprint density at radius 1 is 1.43 bits per heavy atom. The van der Waals surface area contributed by atoms with Gasteiger partial charge in [0.15, 0.2) is 0 Å². The number of hydrogen-bond acceptors (Lipinski definition) is 3. The van der Waals surface area contributed by atoms with Gasteiger partial charge in [-0.25, -0.2) is 0 Å². The van der Waals surface area contributed by atoms with Crippen molar-refractivity contribution >= 4 is 11.6 Å². The molecule has 1 saturated carbocycles. The Balaban J connectivity index is 2.19. The number of halogens is 1. The van der Waals surface area contributed by atoms with Gasteiger partial charge in [-0.15, -0.1) is 0 Å². The highest BCUT2D eigenvalue weighted by Crippen LogP contribution is 2.38. The van der Waals surface area contributed by atoms with E-state index in [9.17, 15) is 0 Å². The van der Waals surface area contributed by atoms with Gasteiger partial charge in [-0.2, -0.15) is 0 Å². The molecule has 0 amide bonds. The highest BCUT2D eigenvalue weighted by Gasteiger charge is 2.40. The zero-order chi connectivity index (χ0) is 15.5. The normalized spacial score (nSPS) is 27.4. The Kier molecular flexibility index (Phi) is 5.53. The fourth-order valence-electron chi connectivity index (χ4n) is 3.55. The van der Waals surface area contributed by atoms with E-state index >= 15 is 0 Å². The molecule has 0 spiro atoms. The molecule has 1 aliphatic rings. The van der Waals surface area contributed by atoms with E-state index in [4.69, 9.17) is 26.8 Å². The molecule has 1 aromatic carbocycles. The van der Waals surface area contributed by atoms with E-state index in [1.807, 2.05) is 18.2 Å². The third-order valence-electron chi connectivity index (χ3n) is 4.76. The maximum atomic E-state index is 6.54. The highest BCUT2D eigenvalue weighted by molar-refractivity contribution is 6.30. The van der Waals surface area contributed by atoms with Gasteiger partial charge in [-0.1, -0.05) is 31.4 Å². The van der Waals surface area contributed by atoms with Crippen molar-refractivity contribution in [3.05, 3.63) is 28.8 Å². The molecule has 3 nitrogen and oxygen atoms in total. The van der Waals surface area contributed by atoms with Crippen molar-refractivity contribution in [2.24, 2.45) is 11.7 Å².